The molecule has 0 amide bonds. The first-order valence-electron chi connectivity index (χ1n) is 11.3. The fourth-order valence-corrected chi connectivity index (χ4v) is 5.08. The second-order valence-electron chi connectivity index (χ2n) is 8.58. The molecule has 0 saturated heterocycles. The molecule has 3 aromatic heterocycles. The van der Waals surface area contributed by atoms with E-state index in [0.717, 1.165) is 33.8 Å². The van der Waals surface area contributed by atoms with Crippen LogP contribution in [0.5, 0.6) is 0 Å². The van der Waals surface area contributed by atoms with Crippen molar-refractivity contribution in [3.8, 4) is 17.1 Å². The molecule has 36 heavy (non-hydrogen) atoms. The minimum atomic E-state index is -0.252. The smallest absolute Gasteiger partial charge is 0.262 e. The van der Waals surface area contributed by atoms with Gasteiger partial charge in [0.15, 0.2) is 0 Å². The number of benzene rings is 3. The molecule has 0 saturated carbocycles. The lowest BCUT2D eigenvalue weighted by Crippen LogP contribution is -2.25. The first-order valence-corrected chi connectivity index (χ1v) is 12.1. The lowest BCUT2D eigenvalue weighted by atomic mass is 10.2. The summed E-state index contributed by atoms with van der Waals surface area (Å²) >= 11 is 12.7. The van der Waals surface area contributed by atoms with Crippen LogP contribution in [0.4, 0.5) is 0 Å². The summed E-state index contributed by atoms with van der Waals surface area (Å²) in [6, 6.07) is 20.9. The van der Waals surface area contributed by atoms with Gasteiger partial charge < -0.3 is 4.57 Å². The molecule has 0 spiro atoms. The molecule has 0 radical (unpaired) electrons. The third kappa shape index (κ3) is 3.59. The van der Waals surface area contributed by atoms with Crippen molar-refractivity contribution in [2.45, 2.75) is 13.5 Å². The zero-order chi connectivity index (χ0) is 25.0. The number of nitrogens with zero attached hydrogens (tertiary/aromatic N) is 6. The van der Waals surface area contributed by atoms with Gasteiger partial charge in [0.2, 0.25) is 0 Å². The molecule has 0 aliphatic heterocycles. The molecule has 3 aromatic carbocycles. The molecule has 178 valence electrons. The molecule has 9 heteroatoms. The SMILES string of the molecule is Cc1c(-c2nc3c(Cl)cc(Cl)cc3c(=O)n2Cc2nc3ccccc3n2C)cnn1-c1ccccc1. The molecule has 7 nitrogen and oxygen atoms in total. The number of halogens is 2. The molecule has 0 bridgehead atoms. The predicted octanol–water partition coefficient (Wildman–Crippen LogP) is 5.80. The van der Waals surface area contributed by atoms with Crippen LogP contribution >= 0.6 is 23.2 Å². The molecular weight excluding hydrogens is 495 g/mol. The van der Waals surface area contributed by atoms with Crippen molar-refractivity contribution < 1.29 is 0 Å². The van der Waals surface area contributed by atoms with Gasteiger partial charge in [0.25, 0.3) is 5.56 Å². The van der Waals surface area contributed by atoms with Crippen LogP contribution in [0, 0.1) is 6.92 Å². The van der Waals surface area contributed by atoms with Gasteiger partial charge in [-0.2, -0.15) is 5.10 Å². The Labute approximate surface area is 216 Å². The summed E-state index contributed by atoms with van der Waals surface area (Å²) < 4.78 is 5.44. The average Bonchev–Trinajstić information content (AvgIpc) is 3.41. The summed E-state index contributed by atoms with van der Waals surface area (Å²) in [6.45, 7) is 2.16. The van der Waals surface area contributed by atoms with Gasteiger partial charge in [-0.25, -0.2) is 14.6 Å². The largest absolute Gasteiger partial charge is 0.330 e. The predicted molar refractivity (Wildman–Crippen MR) is 143 cm³/mol. The summed E-state index contributed by atoms with van der Waals surface area (Å²) in [5.41, 5.74) is 4.47. The Hall–Kier alpha value is -3.94. The van der Waals surface area contributed by atoms with Crippen LogP contribution in [0.15, 0.2) is 77.7 Å². The highest BCUT2D eigenvalue weighted by molar-refractivity contribution is 6.38. The zero-order valence-corrected chi connectivity index (χ0v) is 21.0. The van der Waals surface area contributed by atoms with Crippen molar-refractivity contribution in [3.63, 3.8) is 0 Å². The van der Waals surface area contributed by atoms with Crippen LogP contribution < -0.4 is 5.56 Å². The van der Waals surface area contributed by atoms with Crippen molar-refractivity contribution >= 4 is 45.1 Å². The molecule has 3 heterocycles. The van der Waals surface area contributed by atoms with Crippen molar-refractivity contribution in [1.82, 2.24) is 28.9 Å². The Balaban J connectivity index is 1.61. The third-order valence-corrected chi connectivity index (χ3v) is 6.91. The number of rotatable bonds is 4. The fraction of sp³-hybridized carbons (Fsp3) is 0.111. The quantitative estimate of drug-likeness (QED) is 0.298. The number of aromatic nitrogens is 6. The first-order chi connectivity index (χ1) is 17.4. The van der Waals surface area contributed by atoms with Crippen LogP contribution in [-0.4, -0.2) is 28.9 Å². The Morgan fingerprint density at radius 1 is 0.944 bits per heavy atom. The Morgan fingerprint density at radius 2 is 1.69 bits per heavy atom. The summed E-state index contributed by atoms with van der Waals surface area (Å²) in [7, 11) is 1.94. The Morgan fingerprint density at radius 3 is 2.47 bits per heavy atom. The number of hydrogen-bond donors (Lipinski definition) is 0. The van der Waals surface area contributed by atoms with Crippen molar-refractivity contribution in [2.75, 3.05) is 0 Å². The molecule has 0 fully saturated rings. The van der Waals surface area contributed by atoms with Crippen LogP contribution in [-0.2, 0) is 13.6 Å². The number of para-hydroxylation sites is 3. The number of aryl methyl sites for hydroxylation is 1. The monoisotopic (exact) mass is 514 g/mol. The van der Waals surface area contributed by atoms with E-state index < -0.39 is 0 Å². The minimum absolute atomic E-state index is 0.211. The number of fused-ring (bicyclic) bond motifs is 2. The van der Waals surface area contributed by atoms with Gasteiger partial charge in [0, 0.05) is 12.1 Å². The second-order valence-corrected chi connectivity index (χ2v) is 9.42. The average molecular weight is 515 g/mol. The lowest BCUT2D eigenvalue weighted by Gasteiger charge is -2.14. The van der Waals surface area contributed by atoms with E-state index >= 15 is 0 Å². The van der Waals surface area contributed by atoms with Gasteiger partial charge >= 0.3 is 0 Å². The highest BCUT2D eigenvalue weighted by Crippen LogP contribution is 2.29. The van der Waals surface area contributed by atoms with E-state index in [9.17, 15) is 4.79 Å². The van der Waals surface area contributed by atoms with Crippen molar-refractivity contribution in [3.05, 3.63) is 105 Å². The molecule has 0 atom stereocenters. The van der Waals surface area contributed by atoms with Crippen LogP contribution in [0.1, 0.15) is 11.5 Å². The van der Waals surface area contributed by atoms with Crippen molar-refractivity contribution in [2.24, 2.45) is 7.05 Å². The van der Waals surface area contributed by atoms with Crippen LogP contribution in [0.2, 0.25) is 10.0 Å². The molecule has 0 aliphatic rings. The van der Waals surface area contributed by atoms with Gasteiger partial charge in [-0.15, -0.1) is 0 Å². The second kappa shape index (κ2) is 8.62. The fourth-order valence-electron chi connectivity index (χ4n) is 4.54. The van der Waals surface area contributed by atoms with E-state index in [1.165, 1.54) is 0 Å². The van der Waals surface area contributed by atoms with E-state index in [0.29, 0.717) is 26.8 Å². The highest BCUT2D eigenvalue weighted by atomic mass is 35.5. The van der Waals surface area contributed by atoms with Gasteiger partial charge in [0.05, 0.1) is 56.6 Å². The third-order valence-electron chi connectivity index (χ3n) is 6.41. The van der Waals surface area contributed by atoms with Gasteiger partial charge in [-0.3, -0.25) is 9.36 Å². The first kappa shape index (κ1) is 22.5. The van der Waals surface area contributed by atoms with E-state index in [1.807, 2.05) is 77.8 Å². The lowest BCUT2D eigenvalue weighted by molar-refractivity contribution is 0.686. The van der Waals surface area contributed by atoms with E-state index in [4.69, 9.17) is 33.2 Å². The van der Waals surface area contributed by atoms with Crippen molar-refractivity contribution in [1.29, 1.82) is 0 Å². The summed E-state index contributed by atoms with van der Waals surface area (Å²) in [4.78, 5) is 23.5. The standard InChI is InChI=1S/C27H20Cl2N6O/c1-16-20(14-30-35(16)18-8-4-3-5-9-18)26-32-25-19(12-17(28)13-21(25)29)27(36)34(26)15-24-31-22-10-6-7-11-23(22)33(24)2/h3-14H,15H2,1-2H3. The molecular formula is C27H20Cl2N6O. The maximum absolute atomic E-state index is 13.9. The number of imidazole rings is 1. The summed E-state index contributed by atoms with van der Waals surface area (Å²) in [5, 5.41) is 5.64. The maximum Gasteiger partial charge on any atom is 0.262 e. The normalized spacial score (nSPS) is 11.6. The Kier molecular flexibility index (Phi) is 5.39. The molecule has 0 unspecified atom stereocenters. The molecule has 6 aromatic rings. The van der Waals surface area contributed by atoms with Crippen LogP contribution in [0.3, 0.4) is 0 Å². The summed E-state index contributed by atoms with van der Waals surface area (Å²) in [6.07, 6.45) is 1.73. The molecule has 0 aliphatic carbocycles. The minimum Gasteiger partial charge on any atom is -0.330 e. The van der Waals surface area contributed by atoms with Gasteiger partial charge in [-0.05, 0) is 43.3 Å². The van der Waals surface area contributed by atoms with E-state index in [2.05, 4.69) is 5.10 Å². The Bertz CT molecular complexity index is 1840. The van der Waals surface area contributed by atoms with Crippen LogP contribution in [0.25, 0.3) is 39.0 Å². The maximum atomic E-state index is 13.9. The van der Waals surface area contributed by atoms with Gasteiger partial charge in [-0.1, -0.05) is 53.5 Å². The summed E-state index contributed by atoms with van der Waals surface area (Å²) in [5.74, 6) is 1.19. The highest BCUT2D eigenvalue weighted by Gasteiger charge is 2.21. The number of hydrogen-bond acceptors (Lipinski definition) is 4. The van der Waals surface area contributed by atoms with E-state index in [1.54, 1.807) is 22.9 Å². The molecule has 6 rings (SSSR count). The zero-order valence-electron chi connectivity index (χ0n) is 19.5. The van der Waals surface area contributed by atoms with E-state index in [-0.39, 0.29) is 12.1 Å². The van der Waals surface area contributed by atoms with Gasteiger partial charge in [0.1, 0.15) is 11.6 Å². The topological polar surface area (TPSA) is 70.5 Å². The molecule has 0 N–H and O–H groups in total.